The number of ether oxygens (including phenoxy) is 2. The van der Waals surface area contributed by atoms with Crippen LogP contribution in [0.4, 0.5) is 5.69 Å². The lowest BCUT2D eigenvalue weighted by Crippen LogP contribution is -1.98. The van der Waals surface area contributed by atoms with Crippen molar-refractivity contribution in [2.24, 2.45) is 0 Å². The topological polar surface area (TPSA) is 70.3 Å². The Morgan fingerprint density at radius 2 is 2.00 bits per heavy atom. The number of halogens is 2. The van der Waals surface area contributed by atoms with Crippen molar-refractivity contribution < 1.29 is 9.47 Å². The van der Waals surface area contributed by atoms with Gasteiger partial charge in [-0.2, -0.15) is 4.98 Å². The lowest BCUT2D eigenvalue weighted by Gasteiger charge is -2.09. The molecular formula is C11H9Br2N3O2. The van der Waals surface area contributed by atoms with Crippen LogP contribution in [0.25, 0.3) is 0 Å². The van der Waals surface area contributed by atoms with Gasteiger partial charge in [0.05, 0.1) is 27.9 Å². The number of nitrogens with two attached hydrogens (primary N) is 1. The molecule has 0 radical (unpaired) electrons. The molecule has 1 aromatic heterocycles. The highest BCUT2D eigenvalue weighted by molar-refractivity contribution is 9.10. The van der Waals surface area contributed by atoms with Gasteiger partial charge in [-0.1, -0.05) is 6.07 Å². The van der Waals surface area contributed by atoms with Crippen LogP contribution < -0.4 is 15.2 Å². The largest absolute Gasteiger partial charge is 0.480 e. The van der Waals surface area contributed by atoms with Crippen LogP contribution in [0.2, 0.25) is 0 Å². The van der Waals surface area contributed by atoms with Gasteiger partial charge in [0.1, 0.15) is 0 Å². The van der Waals surface area contributed by atoms with E-state index in [2.05, 4.69) is 41.8 Å². The number of methoxy groups -OCH3 is 1. The fourth-order valence-electron chi connectivity index (χ4n) is 1.25. The van der Waals surface area contributed by atoms with Crippen LogP contribution in [0, 0.1) is 0 Å². The van der Waals surface area contributed by atoms with Crippen LogP contribution in [0.3, 0.4) is 0 Å². The monoisotopic (exact) mass is 373 g/mol. The average Bonchev–Trinajstić information content (AvgIpc) is 2.36. The first-order chi connectivity index (χ1) is 8.61. The van der Waals surface area contributed by atoms with E-state index in [1.807, 2.05) is 12.1 Å². The Hall–Kier alpha value is -1.34. The number of benzene rings is 1. The second-order valence-corrected chi connectivity index (χ2v) is 4.98. The van der Waals surface area contributed by atoms with Crippen LogP contribution in [0.15, 0.2) is 33.3 Å². The Bertz CT molecular complexity index is 558. The van der Waals surface area contributed by atoms with Crippen molar-refractivity contribution in [1.82, 2.24) is 9.97 Å². The first-order valence-electron chi connectivity index (χ1n) is 4.90. The van der Waals surface area contributed by atoms with E-state index in [0.717, 1.165) is 4.47 Å². The van der Waals surface area contributed by atoms with Crippen LogP contribution in [-0.4, -0.2) is 17.1 Å². The van der Waals surface area contributed by atoms with Gasteiger partial charge in [0.25, 0.3) is 0 Å². The Morgan fingerprint density at radius 1 is 1.22 bits per heavy atom. The Morgan fingerprint density at radius 3 is 2.67 bits per heavy atom. The number of para-hydroxylation sites is 1. The van der Waals surface area contributed by atoms with Gasteiger partial charge in [-0.25, -0.2) is 4.98 Å². The van der Waals surface area contributed by atoms with Gasteiger partial charge in [0.15, 0.2) is 5.75 Å². The molecule has 0 saturated heterocycles. The second-order valence-electron chi connectivity index (χ2n) is 3.27. The smallest absolute Gasteiger partial charge is 0.325 e. The Kier molecular flexibility index (Phi) is 4.03. The standard InChI is InChI=1S/C11H9Br2N3O2/c1-17-10-7(13)5-15-11(16-10)18-9-6(12)3-2-4-8(9)14/h2-5H,14H2,1H3. The minimum atomic E-state index is 0.161. The van der Waals surface area contributed by atoms with Gasteiger partial charge < -0.3 is 15.2 Å². The number of nitrogen functional groups attached to an aromatic ring is 1. The molecule has 2 rings (SSSR count). The van der Waals surface area contributed by atoms with Crippen molar-refractivity contribution in [1.29, 1.82) is 0 Å². The number of aromatic nitrogens is 2. The summed E-state index contributed by atoms with van der Waals surface area (Å²) in [7, 11) is 1.52. The summed E-state index contributed by atoms with van der Waals surface area (Å²) in [6.45, 7) is 0. The Balaban J connectivity index is 2.34. The molecule has 5 nitrogen and oxygen atoms in total. The van der Waals surface area contributed by atoms with Crippen molar-refractivity contribution in [2.45, 2.75) is 0 Å². The minimum Gasteiger partial charge on any atom is -0.480 e. The molecule has 0 fully saturated rings. The molecule has 7 heteroatoms. The third-order valence-electron chi connectivity index (χ3n) is 2.07. The molecule has 0 unspecified atom stereocenters. The van der Waals surface area contributed by atoms with Gasteiger partial charge in [0.2, 0.25) is 5.88 Å². The van der Waals surface area contributed by atoms with E-state index in [9.17, 15) is 0 Å². The summed E-state index contributed by atoms with van der Waals surface area (Å²) in [5.74, 6) is 0.868. The first kappa shape index (κ1) is 13.1. The van der Waals surface area contributed by atoms with Gasteiger partial charge >= 0.3 is 6.01 Å². The van der Waals surface area contributed by atoms with E-state index in [1.165, 1.54) is 7.11 Å². The second kappa shape index (κ2) is 5.53. The highest BCUT2D eigenvalue weighted by Crippen LogP contribution is 2.34. The van der Waals surface area contributed by atoms with E-state index < -0.39 is 0 Å². The first-order valence-corrected chi connectivity index (χ1v) is 6.48. The maximum atomic E-state index is 5.82. The molecule has 0 aliphatic carbocycles. The lowest BCUT2D eigenvalue weighted by atomic mass is 10.3. The van der Waals surface area contributed by atoms with E-state index >= 15 is 0 Å². The minimum absolute atomic E-state index is 0.161. The molecule has 0 aliphatic heterocycles. The number of hydrogen-bond acceptors (Lipinski definition) is 5. The van der Waals surface area contributed by atoms with Gasteiger partial charge in [-0.3, -0.25) is 0 Å². The van der Waals surface area contributed by atoms with Crippen molar-refractivity contribution in [3.63, 3.8) is 0 Å². The van der Waals surface area contributed by atoms with E-state index in [4.69, 9.17) is 15.2 Å². The average molecular weight is 375 g/mol. The SMILES string of the molecule is COc1nc(Oc2c(N)cccc2Br)ncc1Br. The predicted octanol–water partition coefficient (Wildman–Crippen LogP) is 3.38. The molecule has 2 aromatic rings. The molecule has 0 saturated carbocycles. The zero-order valence-corrected chi connectivity index (χ0v) is 12.5. The maximum Gasteiger partial charge on any atom is 0.325 e. The third kappa shape index (κ3) is 2.73. The van der Waals surface area contributed by atoms with E-state index in [1.54, 1.807) is 12.3 Å². The molecule has 18 heavy (non-hydrogen) atoms. The van der Waals surface area contributed by atoms with Crippen LogP contribution in [-0.2, 0) is 0 Å². The molecule has 1 heterocycles. The molecular weight excluding hydrogens is 366 g/mol. The van der Waals surface area contributed by atoms with Crippen molar-refractivity contribution in [3.05, 3.63) is 33.3 Å². The molecule has 0 amide bonds. The number of hydrogen-bond donors (Lipinski definition) is 1. The predicted molar refractivity (Wildman–Crippen MR) is 74.9 cm³/mol. The van der Waals surface area contributed by atoms with Gasteiger partial charge in [-0.15, -0.1) is 0 Å². The quantitative estimate of drug-likeness (QED) is 0.834. The highest BCUT2D eigenvalue weighted by atomic mass is 79.9. The highest BCUT2D eigenvalue weighted by Gasteiger charge is 2.11. The number of nitrogens with zero attached hydrogens (tertiary/aromatic N) is 2. The van der Waals surface area contributed by atoms with Crippen LogP contribution >= 0.6 is 31.9 Å². The van der Waals surface area contributed by atoms with Gasteiger partial charge in [0, 0.05) is 0 Å². The summed E-state index contributed by atoms with van der Waals surface area (Å²) in [6.07, 6.45) is 1.55. The number of rotatable bonds is 3. The van der Waals surface area contributed by atoms with Gasteiger partial charge in [-0.05, 0) is 44.0 Å². The summed E-state index contributed by atoms with van der Waals surface area (Å²) in [5.41, 5.74) is 6.31. The molecule has 0 bridgehead atoms. The summed E-state index contributed by atoms with van der Waals surface area (Å²) in [4.78, 5) is 8.12. The summed E-state index contributed by atoms with van der Waals surface area (Å²) < 4.78 is 12.0. The van der Waals surface area contributed by atoms with Crippen molar-refractivity contribution in [3.8, 4) is 17.6 Å². The number of anilines is 1. The Labute approximate surface area is 121 Å². The molecule has 0 atom stereocenters. The molecule has 94 valence electrons. The van der Waals surface area contributed by atoms with Crippen LogP contribution in [0.5, 0.6) is 17.6 Å². The normalized spacial score (nSPS) is 10.2. The molecule has 2 N–H and O–H groups in total. The lowest BCUT2D eigenvalue weighted by molar-refractivity contribution is 0.373. The molecule has 0 spiro atoms. The fraction of sp³-hybridized carbons (Fsp3) is 0.0909. The summed E-state index contributed by atoms with van der Waals surface area (Å²) >= 11 is 6.62. The third-order valence-corrected chi connectivity index (χ3v) is 3.24. The zero-order valence-electron chi connectivity index (χ0n) is 9.35. The van der Waals surface area contributed by atoms with Crippen LogP contribution in [0.1, 0.15) is 0 Å². The maximum absolute atomic E-state index is 5.82. The summed E-state index contributed by atoms with van der Waals surface area (Å²) in [5, 5.41) is 0. The van der Waals surface area contributed by atoms with Crippen molar-refractivity contribution >= 4 is 37.5 Å². The fourth-order valence-corrected chi connectivity index (χ4v) is 2.07. The molecule has 1 aromatic carbocycles. The zero-order chi connectivity index (χ0) is 13.1. The summed E-state index contributed by atoms with van der Waals surface area (Å²) in [6, 6.07) is 5.53. The van der Waals surface area contributed by atoms with Crippen molar-refractivity contribution in [2.75, 3.05) is 12.8 Å². The van der Waals surface area contributed by atoms with E-state index in [-0.39, 0.29) is 6.01 Å². The van der Waals surface area contributed by atoms with E-state index in [0.29, 0.717) is 21.8 Å². The molecule has 0 aliphatic rings.